The third kappa shape index (κ3) is 3.38. The van der Waals surface area contributed by atoms with E-state index in [2.05, 4.69) is 0 Å². The number of hydroxylamine groups is 2. The minimum absolute atomic E-state index is 0.287. The molecule has 0 aliphatic rings. The molecule has 0 aliphatic heterocycles. The zero-order chi connectivity index (χ0) is 15.6. The summed E-state index contributed by atoms with van der Waals surface area (Å²) in [5.41, 5.74) is 2.94. The molecule has 21 heavy (non-hydrogen) atoms. The van der Waals surface area contributed by atoms with Crippen molar-refractivity contribution in [3.8, 4) is 5.69 Å². The van der Waals surface area contributed by atoms with E-state index < -0.39 is 5.91 Å². The fourth-order valence-corrected chi connectivity index (χ4v) is 2.16. The molecule has 1 N–H and O–H groups in total. The second-order valence-corrected chi connectivity index (χ2v) is 4.96. The summed E-state index contributed by atoms with van der Waals surface area (Å²) in [6, 6.07) is 5.17. The summed E-state index contributed by atoms with van der Waals surface area (Å²) < 4.78 is 15.8. The molecule has 0 atom stereocenters. The number of carbonyl (C=O) groups excluding carboxylic acids is 1. The third-order valence-electron chi connectivity index (χ3n) is 3.11. The first-order valence-electron chi connectivity index (χ1n) is 6.48. The van der Waals surface area contributed by atoms with Crippen molar-refractivity contribution in [2.24, 2.45) is 0 Å². The minimum atomic E-state index is -0.527. The van der Waals surface area contributed by atoms with E-state index in [1.54, 1.807) is 29.1 Å². The van der Waals surface area contributed by atoms with E-state index in [9.17, 15) is 9.18 Å². The number of rotatable bonds is 3. The maximum atomic E-state index is 14.1. The van der Waals surface area contributed by atoms with Gasteiger partial charge in [0, 0.05) is 25.5 Å². The summed E-state index contributed by atoms with van der Waals surface area (Å²) in [6.07, 6.45) is 6.26. The Morgan fingerprint density at radius 3 is 2.71 bits per heavy atom. The molecule has 5 heteroatoms. The summed E-state index contributed by atoms with van der Waals surface area (Å²) >= 11 is 0. The predicted octanol–water partition coefficient (Wildman–Crippen LogP) is 3.09. The van der Waals surface area contributed by atoms with E-state index in [0.717, 1.165) is 16.7 Å². The summed E-state index contributed by atoms with van der Waals surface area (Å²) in [5, 5.41) is 9.46. The van der Waals surface area contributed by atoms with Crippen LogP contribution in [0.5, 0.6) is 0 Å². The van der Waals surface area contributed by atoms with E-state index >= 15 is 0 Å². The fraction of sp³-hybridized carbons (Fsp3) is 0.188. The van der Waals surface area contributed by atoms with Gasteiger partial charge in [-0.3, -0.25) is 10.0 Å². The maximum Gasteiger partial charge on any atom is 0.269 e. The molecule has 0 fully saturated rings. The third-order valence-corrected chi connectivity index (χ3v) is 3.11. The van der Waals surface area contributed by atoms with Crippen molar-refractivity contribution in [2.75, 3.05) is 7.05 Å². The molecule has 2 aromatic rings. The first-order valence-corrected chi connectivity index (χ1v) is 6.48. The van der Waals surface area contributed by atoms with E-state index in [1.165, 1.54) is 19.2 Å². The number of carbonyl (C=O) groups is 1. The Morgan fingerprint density at radius 2 is 2.10 bits per heavy atom. The largest absolute Gasteiger partial charge is 0.320 e. The van der Waals surface area contributed by atoms with Crippen molar-refractivity contribution in [2.45, 2.75) is 13.8 Å². The number of likely N-dealkylation sites (N-methyl/N-ethyl adjacent to an activating group) is 1. The molecule has 110 valence electrons. The van der Waals surface area contributed by atoms with Gasteiger partial charge in [0.1, 0.15) is 5.82 Å². The molecular formula is C16H17FN2O2. The average molecular weight is 288 g/mol. The molecule has 0 aliphatic carbocycles. The Labute approximate surface area is 122 Å². The SMILES string of the molecule is Cc1cc(C)c(-n2ccc(C=CC(=O)N(C)O)c2)c(F)c1. The number of benzene rings is 1. The average Bonchev–Trinajstić information content (AvgIpc) is 2.83. The van der Waals surface area contributed by atoms with Gasteiger partial charge in [-0.05, 0) is 48.7 Å². The number of hydrogen-bond donors (Lipinski definition) is 1. The highest BCUT2D eigenvalue weighted by Gasteiger charge is 2.09. The minimum Gasteiger partial charge on any atom is -0.320 e. The van der Waals surface area contributed by atoms with Gasteiger partial charge in [0.25, 0.3) is 5.91 Å². The molecule has 1 aromatic carbocycles. The predicted molar refractivity (Wildman–Crippen MR) is 78.8 cm³/mol. The fourth-order valence-electron chi connectivity index (χ4n) is 2.16. The van der Waals surface area contributed by atoms with Gasteiger partial charge in [0.15, 0.2) is 0 Å². The van der Waals surface area contributed by atoms with E-state index in [1.807, 2.05) is 19.9 Å². The lowest BCUT2D eigenvalue weighted by Gasteiger charge is -2.09. The molecule has 1 aromatic heterocycles. The van der Waals surface area contributed by atoms with Crippen LogP contribution in [0.3, 0.4) is 0 Å². The van der Waals surface area contributed by atoms with Gasteiger partial charge in [-0.2, -0.15) is 0 Å². The van der Waals surface area contributed by atoms with Crippen LogP contribution in [0.15, 0.2) is 36.7 Å². The summed E-state index contributed by atoms with van der Waals surface area (Å²) in [7, 11) is 1.25. The molecule has 0 unspecified atom stereocenters. The van der Waals surface area contributed by atoms with Gasteiger partial charge < -0.3 is 4.57 Å². The number of hydrogen-bond acceptors (Lipinski definition) is 2. The normalized spacial score (nSPS) is 11.1. The summed E-state index contributed by atoms with van der Waals surface area (Å²) in [5.74, 6) is -0.815. The van der Waals surface area contributed by atoms with Crippen LogP contribution in [-0.2, 0) is 4.79 Å². The number of aromatic nitrogens is 1. The molecule has 4 nitrogen and oxygen atoms in total. The Morgan fingerprint density at radius 1 is 1.38 bits per heavy atom. The summed E-state index contributed by atoms with van der Waals surface area (Å²) in [4.78, 5) is 11.3. The zero-order valence-corrected chi connectivity index (χ0v) is 12.2. The quantitative estimate of drug-likeness (QED) is 0.536. The van der Waals surface area contributed by atoms with E-state index in [0.29, 0.717) is 10.8 Å². The lowest BCUT2D eigenvalue weighted by atomic mass is 10.1. The molecule has 0 radical (unpaired) electrons. The van der Waals surface area contributed by atoms with E-state index in [-0.39, 0.29) is 5.82 Å². The molecule has 1 heterocycles. The second kappa shape index (κ2) is 5.93. The zero-order valence-electron chi connectivity index (χ0n) is 12.2. The topological polar surface area (TPSA) is 45.5 Å². The number of aryl methyl sites for hydroxylation is 2. The standard InChI is InChI=1S/C16H17FN2O2/c1-11-8-12(2)16(14(17)9-11)19-7-6-13(10-19)4-5-15(20)18(3)21/h4-10,21H,1-3H3. The van der Waals surface area contributed by atoms with Crippen molar-refractivity contribution in [3.63, 3.8) is 0 Å². The Balaban J connectivity index is 2.31. The lowest BCUT2D eigenvalue weighted by molar-refractivity contribution is -0.153. The van der Waals surface area contributed by atoms with Gasteiger partial charge in [0.2, 0.25) is 0 Å². The van der Waals surface area contributed by atoms with Gasteiger partial charge in [-0.15, -0.1) is 0 Å². The number of halogens is 1. The Hall–Kier alpha value is -2.40. The lowest BCUT2D eigenvalue weighted by Crippen LogP contribution is -2.19. The number of amides is 1. The van der Waals surface area contributed by atoms with Gasteiger partial charge in [0.05, 0.1) is 5.69 Å². The van der Waals surface area contributed by atoms with Crippen LogP contribution in [0.4, 0.5) is 4.39 Å². The van der Waals surface area contributed by atoms with Crippen LogP contribution in [0.2, 0.25) is 0 Å². The molecule has 0 saturated heterocycles. The van der Waals surface area contributed by atoms with Crippen molar-refractivity contribution >= 4 is 12.0 Å². The smallest absolute Gasteiger partial charge is 0.269 e. The summed E-state index contributed by atoms with van der Waals surface area (Å²) in [6.45, 7) is 3.70. The molecule has 2 rings (SSSR count). The van der Waals surface area contributed by atoms with E-state index in [4.69, 9.17) is 5.21 Å². The van der Waals surface area contributed by atoms with Crippen LogP contribution in [0, 0.1) is 19.7 Å². The molecular weight excluding hydrogens is 271 g/mol. The highest BCUT2D eigenvalue weighted by atomic mass is 19.1. The van der Waals surface area contributed by atoms with Gasteiger partial charge in [-0.1, -0.05) is 6.07 Å². The highest BCUT2D eigenvalue weighted by Crippen LogP contribution is 2.21. The Kier molecular flexibility index (Phi) is 4.23. The van der Waals surface area contributed by atoms with Crippen molar-refractivity contribution in [1.29, 1.82) is 0 Å². The molecule has 0 spiro atoms. The first-order chi connectivity index (χ1) is 9.88. The van der Waals surface area contributed by atoms with Crippen LogP contribution in [0.25, 0.3) is 11.8 Å². The molecule has 0 bridgehead atoms. The van der Waals surface area contributed by atoms with Crippen LogP contribution >= 0.6 is 0 Å². The highest BCUT2D eigenvalue weighted by molar-refractivity contribution is 5.90. The first kappa shape index (κ1) is 15.0. The van der Waals surface area contributed by atoms with Crippen molar-refractivity contribution in [1.82, 2.24) is 9.63 Å². The molecule has 1 amide bonds. The van der Waals surface area contributed by atoms with Crippen LogP contribution in [0.1, 0.15) is 16.7 Å². The van der Waals surface area contributed by atoms with Crippen LogP contribution < -0.4 is 0 Å². The monoisotopic (exact) mass is 288 g/mol. The second-order valence-electron chi connectivity index (χ2n) is 4.96. The maximum absolute atomic E-state index is 14.1. The van der Waals surface area contributed by atoms with Gasteiger partial charge in [-0.25, -0.2) is 9.45 Å². The van der Waals surface area contributed by atoms with Gasteiger partial charge >= 0.3 is 0 Å². The van der Waals surface area contributed by atoms with Crippen LogP contribution in [-0.4, -0.2) is 27.8 Å². The molecule has 0 saturated carbocycles. The van der Waals surface area contributed by atoms with Crippen molar-refractivity contribution < 1.29 is 14.4 Å². The Bertz CT molecular complexity index is 679. The number of nitrogens with zero attached hydrogens (tertiary/aromatic N) is 2. The van der Waals surface area contributed by atoms with Crippen molar-refractivity contribution in [3.05, 3.63) is 59.2 Å².